The standard InChI is InChI=1S/C15H13BrO/c1-10-6-8-12(9-7-10)15(17)13-4-3-5-14(16)11(13)2/h3-9H,1-2H3. The van der Waals surface area contributed by atoms with Gasteiger partial charge in [-0.3, -0.25) is 4.79 Å². The van der Waals surface area contributed by atoms with Crippen molar-refractivity contribution in [2.45, 2.75) is 13.8 Å². The molecule has 0 fully saturated rings. The first-order valence-electron chi connectivity index (χ1n) is 5.46. The molecule has 0 aliphatic heterocycles. The van der Waals surface area contributed by atoms with E-state index in [2.05, 4.69) is 15.9 Å². The Bertz CT molecular complexity index is 556. The van der Waals surface area contributed by atoms with Gasteiger partial charge in [-0.1, -0.05) is 57.9 Å². The maximum atomic E-state index is 12.3. The van der Waals surface area contributed by atoms with Gasteiger partial charge in [0.05, 0.1) is 0 Å². The minimum absolute atomic E-state index is 0.0730. The fourth-order valence-corrected chi connectivity index (χ4v) is 2.08. The van der Waals surface area contributed by atoms with Gasteiger partial charge in [-0.25, -0.2) is 0 Å². The molecule has 0 heterocycles. The highest BCUT2D eigenvalue weighted by molar-refractivity contribution is 9.10. The van der Waals surface area contributed by atoms with Crippen LogP contribution in [0.25, 0.3) is 0 Å². The lowest BCUT2D eigenvalue weighted by Crippen LogP contribution is -2.03. The smallest absolute Gasteiger partial charge is 0.193 e. The van der Waals surface area contributed by atoms with E-state index in [1.54, 1.807) is 0 Å². The molecule has 0 aliphatic rings. The van der Waals surface area contributed by atoms with E-state index in [0.717, 1.165) is 26.7 Å². The van der Waals surface area contributed by atoms with E-state index in [-0.39, 0.29) is 5.78 Å². The fraction of sp³-hybridized carbons (Fsp3) is 0.133. The predicted octanol–water partition coefficient (Wildman–Crippen LogP) is 4.30. The zero-order valence-corrected chi connectivity index (χ0v) is 11.4. The highest BCUT2D eigenvalue weighted by Gasteiger charge is 2.12. The van der Waals surface area contributed by atoms with Crippen molar-refractivity contribution in [3.63, 3.8) is 0 Å². The molecule has 0 saturated heterocycles. The molecule has 0 radical (unpaired) electrons. The van der Waals surface area contributed by atoms with E-state index in [1.165, 1.54) is 0 Å². The van der Waals surface area contributed by atoms with Crippen LogP contribution in [0.5, 0.6) is 0 Å². The second-order valence-electron chi connectivity index (χ2n) is 4.11. The molecular formula is C15H13BrO. The topological polar surface area (TPSA) is 17.1 Å². The number of halogens is 1. The van der Waals surface area contributed by atoms with Gasteiger partial charge in [0.2, 0.25) is 0 Å². The summed E-state index contributed by atoms with van der Waals surface area (Å²) < 4.78 is 0.968. The molecule has 0 spiro atoms. The monoisotopic (exact) mass is 288 g/mol. The van der Waals surface area contributed by atoms with Crippen LogP contribution in [-0.4, -0.2) is 5.78 Å². The van der Waals surface area contributed by atoms with Gasteiger partial charge >= 0.3 is 0 Å². The lowest BCUT2D eigenvalue weighted by atomic mass is 9.99. The third kappa shape index (κ3) is 2.47. The van der Waals surface area contributed by atoms with E-state index in [9.17, 15) is 4.79 Å². The molecule has 2 heteroatoms. The summed E-state index contributed by atoms with van der Waals surface area (Å²) in [6.45, 7) is 3.96. The van der Waals surface area contributed by atoms with Gasteiger partial charge < -0.3 is 0 Å². The number of ketones is 1. The maximum absolute atomic E-state index is 12.3. The Balaban J connectivity index is 2.44. The molecule has 0 amide bonds. The lowest BCUT2D eigenvalue weighted by molar-refractivity contribution is 0.103. The predicted molar refractivity (Wildman–Crippen MR) is 73.5 cm³/mol. The number of carbonyl (C=O) groups excluding carboxylic acids is 1. The Morgan fingerprint density at radius 1 is 1.00 bits per heavy atom. The Morgan fingerprint density at radius 3 is 2.29 bits per heavy atom. The van der Waals surface area contributed by atoms with Crippen molar-refractivity contribution in [3.8, 4) is 0 Å². The molecule has 0 atom stereocenters. The average Bonchev–Trinajstić information content (AvgIpc) is 2.33. The summed E-state index contributed by atoms with van der Waals surface area (Å²) in [6, 6.07) is 13.4. The molecule has 17 heavy (non-hydrogen) atoms. The molecule has 0 saturated carbocycles. The number of rotatable bonds is 2. The summed E-state index contributed by atoms with van der Waals surface area (Å²) >= 11 is 3.45. The third-order valence-electron chi connectivity index (χ3n) is 2.83. The van der Waals surface area contributed by atoms with Crippen molar-refractivity contribution in [2.24, 2.45) is 0 Å². The molecule has 0 N–H and O–H groups in total. The largest absolute Gasteiger partial charge is 0.289 e. The van der Waals surface area contributed by atoms with Crippen molar-refractivity contribution < 1.29 is 4.79 Å². The summed E-state index contributed by atoms with van der Waals surface area (Å²) in [5, 5.41) is 0. The van der Waals surface area contributed by atoms with E-state index >= 15 is 0 Å². The van der Waals surface area contributed by atoms with Gasteiger partial charge in [0.15, 0.2) is 5.78 Å². The third-order valence-corrected chi connectivity index (χ3v) is 3.69. The van der Waals surface area contributed by atoms with Crippen molar-refractivity contribution in [3.05, 3.63) is 69.2 Å². The van der Waals surface area contributed by atoms with Gasteiger partial charge in [0.1, 0.15) is 0 Å². The van der Waals surface area contributed by atoms with E-state index in [4.69, 9.17) is 0 Å². The molecule has 0 bridgehead atoms. The molecule has 86 valence electrons. The first-order chi connectivity index (χ1) is 8.09. The number of carbonyl (C=O) groups is 1. The number of aryl methyl sites for hydroxylation is 1. The highest BCUT2D eigenvalue weighted by Crippen LogP contribution is 2.22. The number of benzene rings is 2. The minimum atomic E-state index is 0.0730. The van der Waals surface area contributed by atoms with Crippen LogP contribution in [0.1, 0.15) is 27.0 Å². The highest BCUT2D eigenvalue weighted by atomic mass is 79.9. The quantitative estimate of drug-likeness (QED) is 0.753. The van der Waals surface area contributed by atoms with Crippen LogP contribution in [0.4, 0.5) is 0 Å². The zero-order chi connectivity index (χ0) is 12.4. The van der Waals surface area contributed by atoms with Crippen molar-refractivity contribution >= 4 is 21.7 Å². The molecule has 0 aromatic heterocycles. The van der Waals surface area contributed by atoms with E-state index in [0.29, 0.717) is 0 Å². The van der Waals surface area contributed by atoms with Crippen LogP contribution < -0.4 is 0 Å². The van der Waals surface area contributed by atoms with Crippen LogP contribution in [0.2, 0.25) is 0 Å². The molecule has 2 aromatic rings. The van der Waals surface area contributed by atoms with Gasteiger partial charge in [0.25, 0.3) is 0 Å². The Labute approximate surface area is 110 Å². The van der Waals surface area contributed by atoms with Gasteiger partial charge in [-0.2, -0.15) is 0 Å². The summed E-state index contributed by atoms with van der Waals surface area (Å²) in [4.78, 5) is 12.3. The van der Waals surface area contributed by atoms with Gasteiger partial charge in [-0.15, -0.1) is 0 Å². The van der Waals surface area contributed by atoms with Crippen LogP contribution in [-0.2, 0) is 0 Å². The first kappa shape index (κ1) is 12.1. The Morgan fingerprint density at radius 2 is 1.65 bits per heavy atom. The lowest BCUT2D eigenvalue weighted by Gasteiger charge is -2.06. The second-order valence-corrected chi connectivity index (χ2v) is 4.96. The molecule has 2 rings (SSSR count). The van der Waals surface area contributed by atoms with Gasteiger partial charge in [-0.05, 0) is 25.5 Å². The summed E-state index contributed by atoms with van der Waals surface area (Å²) in [6.07, 6.45) is 0. The molecule has 0 unspecified atom stereocenters. The van der Waals surface area contributed by atoms with Crippen LogP contribution in [0.15, 0.2) is 46.9 Å². The number of hydrogen-bond donors (Lipinski definition) is 0. The molecule has 0 aliphatic carbocycles. The average molecular weight is 289 g/mol. The minimum Gasteiger partial charge on any atom is -0.289 e. The summed E-state index contributed by atoms with van der Waals surface area (Å²) in [5.41, 5.74) is 3.63. The Kier molecular flexibility index (Phi) is 3.43. The van der Waals surface area contributed by atoms with Crippen molar-refractivity contribution in [1.82, 2.24) is 0 Å². The fourth-order valence-electron chi connectivity index (χ4n) is 1.71. The van der Waals surface area contributed by atoms with Crippen LogP contribution in [0.3, 0.4) is 0 Å². The van der Waals surface area contributed by atoms with Crippen molar-refractivity contribution in [2.75, 3.05) is 0 Å². The Hall–Kier alpha value is -1.41. The zero-order valence-electron chi connectivity index (χ0n) is 9.83. The first-order valence-corrected chi connectivity index (χ1v) is 6.25. The van der Waals surface area contributed by atoms with Crippen LogP contribution >= 0.6 is 15.9 Å². The second kappa shape index (κ2) is 4.84. The van der Waals surface area contributed by atoms with Crippen molar-refractivity contribution in [1.29, 1.82) is 0 Å². The maximum Gasteiger partial charge on any atom is 0.193 e. The normalized spacial score (nSPS) is 10.3. The summed E-state index contributed by atoms with van der Waals surface area (Å²) in [7, 11) is 0. The molecule has 2 aromatic carbocycles. The van der Waals surface area contributed by atoms with E-state index in [1.807, 2.05) is 56.3 Å². The SMILES string of the molecule is Cc1ccc(C(=O)c2cccc(Br)c2C)cc1. The molecular weight excluding hydrogens is 276 g/mol. The number of hydrogen-bond acceptors (Lipinski definition) is 1. The van der Waals surface area contributed by atoms with E-state index < -0.39 is 0 Å². The molecule has 1 nitrogen and oxygen atoms in total. The summed E-state index contributed by atoms with van der Waals surface area (Å²) in [5.74, 6) is 0.0730. The van der Waals surface area contributed by atoms with Crippen LogP contribution in [0, 0.1) is 13.8 Å². The van der Waals surface area contributed by atoms with Gasteiger partial charge in [0, 0.05) is 15.6 Å².